The molecule has 1 atom stereocenters. The summed E-state index contributed by atoms with van der Waals surface area (Å²) in [6.45, 7) is 1.37. The van der Waals surface area contributed by atoms with E-state index < -0.39 is 0 Å². The fourth-order valence-corrected chi connectivity index (χ4v) is 4.20. The van der Waals surface area contributed by atoms with Crippen LogP contribution in [0.2, 0.25) is 0 Å². The first kappa shape index (κ1) is 18.0. The number of rotatable bonds is 5. The molecule has 1 aromatic rings. The van der Waals surface area contributed by atoms with Crippen molar-refractivity contribution in [3.63, 3.8) is 0 Å². The zero-order valence-electron chi connectivity index (χ0n) is 15.2. The summed E-state index contributed by atoms with van der Waals surface area (Å²) in [5, 5.41) is 0. The fourth-order valence-electron chi connectivity index (χ4n) is 4.20. The van der Waals surface area contributed by atoms with E-state index in [2.05, 4.69) is 0 Å². The number of amides is 1. The molecule has 0 aromatic heterocycles. The van der Waals surface area contributed by atoms with Gasteiger partial charge >= 0.3 is 0 Å². The summed E-state index contributed by atoms with van der Waals surface area (Å²) in [4.78, 5) is 27.4. The van der Waals surface area contributed by atoms with Gasteiger partial charge in [-0.2, -0.15) is 0 Å². The molecule has 2 fully saturated rings. The van der Waals surface area contributed by atoms with Gasteiger partial charge in [0.05, 0.1) is 7.11 Å². The van der Waals surface area contributed by atoms with Crippen LogP contribution in [0.1, 0.15) is 61.7 Å². The van der Waals surface area contributed by atoms with Gasteiger partial charge in [0.15, 0.2) is 5.78 Å². The second-order valence-electron chi connectivity index (χ2n) is 7.48. The van der Waals surface area contributed by atoms with E-state index in [9.17, 15) is 9.59 Å². The van der Waals surface area contributed by atoms with Gasteiger partial charge < -0.3 is 9.64 Å². The molecule has 1 heterocycles. The predicted molar refractivity (Wildman–Crippen MR) is 97.8 cm³/mol. The molecule has 136 valence electrons. The van der Waals surface area contributed by atoms with Crippen molar-refractivity contribution in [2.24, 2.45) is 11.8 Å². The van der Waals surface area contributed by atoms with Crippen molar-refractivity contribution in [1.82, 2.24) is 4.90 Å². The molecule has 4 heteroatoms. The summed E-state index contributed by atoms with van der Waals surface area (Å²) < 4.78 is 5.22. The van der Waals surface area contributed by atoms with Gasteiger partial charge in [0, 0.05) is 31.0 Å². The van der Waals surface area contributed by atoms with Crippen LogP contribution in [0.4, 0.5) is 0 Å². The lowest BCUT2D eigenvalue weighted by atomic mass is 9.85. The van der Waals surface area contributed by atoms with Gasteiger partial charge in [0.1, 0.15) is 5.75 Å². The van der Waals surface area contributed by atoms with Crippen molar-refractivity contribution in [3.8, 4) is 5.75 Å². The highest BCUT2D eigenvalue weighted by Gasteiger charge is 2.30. The molecule has 25 heavy (non-hydrogen) atoms. The van der Waals surface area contributed by atoms with E-state index >= 15 is 0 Å². The van der Waals surface area contributed by atoms with Crippen molar-refractivity contribution in [2.45, 2.75) is 51.4 Å². The number of Topliss-reactive ketones (excluding diaryl/α,β-unsaturated/α-hetero) is 1. The van der Waals surface area contributed by atoms with Crippen LogP contribution in [0, 0.1) is 11.8 Å². The predicted octanol–water partition coefficient (Wildman–Crippen LogP) is 4.09. The lowest BCUT2D eigenvalue weighted by Crippen LogP contribution is -2.43. The maximum Gasteiger partial charge on any atom is 0.222 e. The number of carbonyl (C=O) groups is 2. The average Bonchev–Trinajstić information content (AvgIpc) is 2.68. The molecule has 1 amide bonds. The zero-order valence-corrected chi connectivity index (χ0v) is 15.2. The Kier molecular flexibility index (Phi) is 6.11. The van der Waals surface area contributed by atoms with Crippen LogP contribution in [0.25, 0.3) is 0 Å². The highest BCUT2D eigenvalue weighted by Crippen LogP contribution is 2.28. The van der Waals surface area contributed by atoms with Gasteiger partial charge in [0.2, 0.25) is 5.91 Å². The first-order chi connectivity index (χ1) is 12.2. The van der Waals surface area contributed by atoms with Gasteiger partial charge in [0.25, 0.3) is 0 Å². The molecular formula is C21H29NO3. The van der Waals surface area contributed by atoms with Crippen molar-refractivity contribution in [3.05, 3.63) is 29.8 Å². The maximum absolute atomic E-state index is 12.8. The van der Waals surface area contributed by atoms with Crippen LogP contribution in [0.3, 0.4) is 0 Å². The minimum atomic E-state index is -0.0869. The first-order valence-corrected chi connectivity index (χ1v) is 9.63. The highest BCUT2D eigenvalue weighted by molar-refractivity contribution is 5.98. The average molecular weight is 343 g/mol. The third-order valence-corrected chi connectivity index (χ3v) is 5.69. The number of ether oxygens (including phenoxy) is 1. The Morgan fingerprint density at radius 2 is 1.92 bits per heavy atom. The monoisotopic (exact) mass is 343 g/mol. The summed E-state index contributed by atoms with van der Waals surface area (Å²) in [6, 6.07) is 7.33. The molecule has 1 unspecified atom stereocenters. The minimum Gasteiger partial charge on any atom is -0.497 e. The van der Waals surface area contributed by atoms with Crippen molar-refractivity contribution >= 4 is 11.7 Å². The van der Waals surface area contributed by atoms with E-state index in [-0.39, 0.29) is 17.6 Å². The highest BCUT2D eigenvalue weighted by atomic mass is 16.5. The smallest absolute Gasteiger partial charge is 0.222 e. The van der Waals surface area contributed by atoms with Crippen molar-refractivity contribution < 1.29 is 14.3 Å². The van der Waals surface area contributed by atoms with E-state index in [0.717, 1.165) is 19.4 Å². The number of nitrogens with zero attached hydrogens (tertiary/aromatic N) is 1. The van der Waals surface area contributed by atoms with Gasteiger partial charge in [-0.25, -0.2) is 0 Å². The quantitative estimate of drug-likeness (QED) is 0.757. The second-order valence-corrected chi connectivity index (χ2v) is 7.48. The van der Waals surface area contributed by atoms with Crippen molar-refractivity contribution in [1.29, 1.82) is 0 Å². The summed E-state index contributed by atoms with van der Waals surface area (Å²) in [7, 11) is 1.61. The van der Waals surface area contributed by atoms with Crippen LogP contribution >= 0.6 is 0 Å². The van der Waals surface area contributed by atoms with Crippen LogP contribution in [0.5, 0.6) is 5.75 Å². The minimum absolute atomic E-state index is 0.0869. The molecule has 1 aliphatic heterocycles. The van der Waals surface area contributed by atoms with E-state index in [1.54, 1.807) is 13.2 Å². The van der Waals surface area contributed by atoms with E-state index in [1.807, 2.05) is 23.1 Å². The number of hydrogen-bond acceptors (Lipinski definition) is 3. The number of piperidine rings is 1. The molecular weight excluding hydrogens is 314 g/mol. The Morgan fingerprint density at radius 1 is 1.12 bits per heavy atom. The Bertz CT molecular complexity index is 607. The lowest BCUT2D eigenvalue weighted by Gasteiger charge is -2.33. The Balaban J connectivity index is 1.59. The zero-order chi connectivity index (χ0) is 17.6. The molecule has 0 bridgehead atoms. The number of ketones is 1. The fraction of sp³-hybridized carbons (Fsp3) is 0.619. The summed E-state index contributed by atoms with van der Waals surface area (Å²) in [5.41, 5.74) is 0.686. The summed E-state index contributed by atoms with van der Waals surface area (Å²) >= 11 is 0. The summed E-state index contributed by atoms with van der Waals surface area (Å²) in [5.74, 6) is 1.54. The number of benzene rings is 1. The molecule has 0 radical (unpaired) electrons. The molecule has 1 aromatic carbocycles. The molecule has 1 saturated carbocycles. The number of methoxy groups -OCH3 is 1. The van der Waals surface area contributed by atoms with E-state index in [1.165, 1.54) is 32.1 Å². The molecule has 0 N–H and O–H groups in total. The van der Waals surface area contributed by atoms with Gasteiger partial charge in [-0.3, -0.25) is 9.59 Å². The Labute approximate surface area is 150 Å². The number of likely N-dealkylation sites (tertiary alicyclic amines) is 1. The molecule has 1 aliphatic carbocycles. The van der Waals surface area contributed by atoms with Crippen LogP contribution in [-0.4, -0.2) is 36.8 Å². The van der Waals surface area contributed by atoms with E-state index in [0.29, 0.717) is 30.2 Å². The Morgan fingerprint density at radius 3 is 2.68 bits per heavy atom. The number of hydrogen-bond donors (Lipinski definition) is 0. The molecule has 3 rings (SSSR count). The lowest BCUT2D eigenvalue weighted by molar-refractivity contribution is -0.133. The molecule has 0 spiro atoms. The van der Waals surface area contributed by atoms with Gasteiger partial charge in [-0.05, 0) is 43.7 Å². The first-order valence-electron chi connectivity index (χ1n) is 9.63. The molecule has 4 nitrogen and oxygen atoms in total. The SMILES string of the molecule is COc1cccc(C(=O)C2CCCN(C(=O)CC3CCCCC3)C2)c1. The number of carbonyl (C=O) groups excluding carboxylic acids is 2. The van der Waals surface area contributed by atoms with Crippen LogP contribution in [-0.2, 0) is 4.79 Å². The van der Waals surface area contributed by atoms with Crippen molar-refractivity contribution in [2.75, 3.05) is 20.2 Å². The third kappa shape index (κ3) is 4.62. The maximum atomic E-state index is 12.8. The molecule has 1 saturated heterocycles. The molecule has 2 aliphatic rings. The van der Waals surface area contributed by atoms with Gasteiger partial charge in [-0.15, -0.1) is 0 Å². The topological polar surface area (TPSA) is 46.6 Å². The largest absolute Gasteiger partial charge is 0.497 e. The standard InChI is InChI=1S/C21H29NO3/c1-25-19-11-5-9-17(14-19)21(24)18-10-6-12-22(15-18)20(23)13-16-7-3-2-4-8-16/h5,9,11,14,16,18H,2-4,6-8,10,12-13,15H2,1H3. The summed E-state index contributed by atoms with van der Waals surface area (Å²) in [6.07, 6.45) is 8.65. The Hall–Kier alpha value is -1.84. The third-order valence-electron chi connectivity index (χ3n) is 5.69. The second kappa shape index (κ2) is 8.50. The van der Waals surface area contributed by atoms with Crippen LogP contribution in [0.15, 0.2) is 24.3 Å². The van der Waals surface area contributed by atoms with E-state index in [4.69, 9.17) is 4.74 Å². The van der Waals surface area contributed by atoms with Gasteiger partial charge in [-0.1, -0.05) is 31.4 Å². The van der Waals surface area contributed by atoms with Crippen LogP contribution < -0.4 is 4.74 Å². The normalized spacial score (nSPS) is 21.8.